The van der Waals surface area contributed by atoms with Crippen molar-refractivity contribution < 1.29 is 13.6 Å². The lowest BCUT2D eigenvalue weighted by Crippen LogP contribution is -2.22. The summed E-state index contributed by atoms with van der Waals surface area (Å²) >= 11 is 0. The molecule has 1 atom stereocenters. The van der Waals surface area contributed by atoms with Crippen LogP contribution in [0.2, 0.25) is 0 Å². The van der Waals surface area contributed by atoms with Gasteiger partial charge in [-0.1, -0.05) is 18.2 Å². The zero-order chi connectivity index (χ0) is 16.8. The summed E-state index contributed by atoms with van der Waals surface area (Å²) in [5, 5.41) is 10.4. The van der Waals surface area contributed by atoms with E-state index in [-0.39, 0.29) is 17.2 Å². The molecule has 0 saturated heterocycles. The highest BCUT2D eigenvalue weighted by Gasteiger charge is 2.36. The summed E-state index contributed by atoms with van der Waals surface area (Å²) in [6.07, 6.45) is 0. The van der Waals surface area contributed by atoms with Crippen molar-refractivity contribution in [3.63, 3.8) is 0 Å². The predicted octanol–water partition coefficient (Wildman–Crippen LogP) is 2.91. The van der Waals surface area contributed by atoms with E-state index in [0.717, 1.165) is 0 Å². The van der Waals surface area contributed by atoms with Crippen molar-refractivity contribution in [2.75, 3.05) is 0 Å². The summed E-state index contributed by atoms with van der Waals surface area (Å²) in [7, 11) is 0. The molecule has 24 heavy (non-hydrogen) atoms. The first-order valence-electron chi connectivity index (χ1n) is 7.30. The highest BCUT2D eigenvalue weighted by Crippen LogP contribution is 2.44. The van der Waals surface area contributed by atoms with Gasteiger partial charge in [-0.05, 0) is 25.1 Å². The van der Waals surface area contributed by atoms with Crippen LogP contribution >= 0.6 is 0 Å². The average molecular weight is 320 g/mol. The monoisotopic (exact) mass is 320 g/mol. The third-order valence-corrected chi connectivity index (χ3v) is 4.01. The Hall–Kier alpha value is -3.46. The van der Waals surface area contributed by atoms with Gasteiger partial charge in [0.05, 0.1) is 5.39 Å². The fraction of sp³-hybridized carbons (Fsp3) is 0.111. The van der Waals surface area contributed by atoms with Crippen molar-refractivity contribution in [3.8, 4) is 11.8 Å². The first kappa shape index (κ1) is 14.2. The van der Waals surface area contributed by atoms with Crippen molar-refractivity contribution in [2.45, 2.75) is 12.8 Å². The van der Waals surface area contributed by atoms with Gasteiger partial charge in [0, 0.05) is 5.39 Å². The topological polar surface area (TPSA) is 102 Å². The van der Waals surface area contributed by atoms with Gasteiger partial charge >= 0.3 is 5.63 Å². The molecule has 0 aliphatic carbocycles. The number of ether oxygens (including phenoxy) is 1. The number of furan rings is 1. The van der Waals surface area contributed by atoms with Crippen molar-refractivity contribution in [3.05, 3.63) is 75.6 Å². The second kappa shape index (κ2) is 5.03. The average Bonchev–Trinajstić information content (AvgIpc) is 3.01. The molecule has 6 nitrogen and oxygen atoms in total. The standard InChI is InChI=1S/C18H12N2O4/c1-9-6-7-13(22-9)14-12(8-19)17(20)23-15-10-4-2-3-5-11(10)18(21)24-16(14)15/h2-7,14H,20H2,1H3. The fourth-order valence-electron chi connectivity index (χ4n) is 2.93. The van der Waals surface area contributed by atoms with Crippen molar-refractivity contribution in [1.82, 2.24) is 0 Å². The van der Waals surface area contributed by atoms with Gasteiger partial charge in [0.1, 0.15) is 29.1 Å². The Kier molecular flexibility index (Phi) is 2.97. The van der Waals surface area contributed by atoms with Gasteiger partial charge in [0.2, 0.25) is 5.88 Å². The Balaban J connectivity index is 2.08. The molecule has 0 spiro atoms. The molecule has 1 unspecified atom stereocenters. The number of nitriles is 1. The molecular formula is C18H12N2O4. The molecule has 2 aromatic heterocycles. The van der Waals surface area contributed by atoms with Crippen LogP contribution in [0, 0.1) is 18.3 Å². The third-order valence-electron chi connectivity index (χ3n) is 4.01. The van der Waals surface area contributed by atoms with E-state index >= 15 is 0 Å². The number of hydrogen-bond acceptors (Lipinski definition) is 6. The normalized spacial score (nSPS) is 16.6. The lowest BCUT2D eigenvalue weighted by Gasteiger charge is -2.23. The maximum atomic E-state index is 12.3. The summed E-state index contributed by atoms with van der Waals surface area (Å²) in [6, 6.07) is 12.5. The Morgan fingerprint density at radius 3 is 2.54 bits per heavy atom. The van der Waals surface area contributed by atoms with E-state index in [4.69, 9.17) is 19.3 Å². The second-order valence-electron chi connectivity index (χ2n) is 5.50. The van der Waals surface area contributed by atoms with Crippen LogP contribution in [-0.4, -0.2) is 0 Å². The summed E-state index contributed by atoms with van der Waals surface area (Å²) in [4.78, 5) is 12.3. The molecule has 118 valence electrons. The SMILES string of the molecule is Cc1ccc(C2C(C#N)=C(N)Oc3c2oc(=O)c2ccccc32)o1. The van der Waals surface area contributed by atoms with E-state index in [0.29, 0.717) is 28.0 Å². The van der Waals surface area contributed by atoms with Crippen LogP contribution < -0.4 is 16.1 Å². The Morgan fingerprint density at radius 1 is 1.12 bits per heavy atom. The van der Waals surface area contributed by atoms with Crippen LogP contribution in [0.4, 0.5) is 0 Å². The van der Waals surface area contributed by atoms with Crippen LogP contribution in [0.1, 0.15) is 23.2 Å². The highest BCUT2D eigenvalue weighted by atomic mass is 16.5. The second-order valence-corrected chi connectivity index (χ2v) is 5.50. The van der Waals surface area contributed by atoms with E-state index in [1.807, 2.05) is 6.07 Å². The molecule has 0 radical (unpaired) electrons. The molecule has 1 aliphatic rings. The number of nitrogens with two attached hydrogens (primary N) is 1. The highest BCUT2D eigenvalue weighted by molar-refractivity contribution is 5.88. The third kappa shape index (κ3) is 1.92. The Bertz CT molecular complexity index is 1100. The quantitative estimate of drug-likeness (QED) is 0.739. The molecular weight excluding hydrogens is 308 g/mol. The van der Waals surface area contributed by atoms with E-state index in [2.05, 4.69) is 0 Å². The summed E-state index contributed by atoms with van der Waals surface area (Å²) in [5.74, 6) is 0.958. The number of aryl methyl sites for hydroxylation is 1. The number of fused-ring (bicyclic) bond motifs is 3. The van der Waals surface area contributed by atoms with Crippen LogP contribution in [0.25, 0.3) is 10.8 Å². The molecule has 1 aliphatic heterocycles. The summed E-state index contributed by atoms with van der Waals surface area (Å²) < 4.78 is 16.8. The van der Waals surface area contributed by atoms with E-state index in [1.54, 1.807) is 43.3 Å². The lowest BCUT2D eigenvalue weighted by molar-refractivity contribution is 0.332. The summed E-state index contributed by atoms with van der Waals surface area (Å²) in [6.45, 7) is 1.79. The number of rotatable bonds is 1. The zero-order valence-corrected chi connectivity index (χ0v) is 12.7. The minimum atomic E-state index is -0.718. The largest absolute Gasteiger partial charge is 0.465 e. The zero-order valence-electron chi connectivity index (χ0n) is 12.7. The molecule has 1 aromatic carbocycles. The predicted molar refractivity (Wildman–Crippen MR) is 85.2 cm³/mol. The molecule has 3 heterocycles. The number of nitrogens with zero attached hydrogens (tertiary/aromatic N) is 1. The molecule has 6 heteroatoms. The first-order chi connectivity index (χ1) is 11.6. The van der Waals surface area contributed by atoms with Crippen LogP contribution in [0.15, 0.2) is 61.5 Å². The molecule has 0 fully saturated rings. The molecule has 0 amide bonds. The van der Waals surface area contributed by atoms with Gasteiger partial charge < -0.3 is 19.3 Å². The summed E-state index contributed by atoms with van der Waals surface area (Å²) in [5.41, 5.74) is 5.59. The van der Waals surface area contributed by atoms with Gasteiger partial charge in [-0.2, -0.15) is 5.26 Å². The fourth-order valence-corrected chi connectivity index (χ4v) is 2.93. The number of hydrogen-bond donors (Lipinski definition) is 1. The van der Waals surface area contributed by atoms with Gasteiger partial charge in [0.15, 0.2) is 11.5 Å². The van der Waals surface area contributed by atoms with E-state index in [1.165, 1.54) is 0 Å². The van der Waals surface area contributed by atoms with Crippen molar-refractivity contribution in [1.29, 1.82) is 5.26 Å². The van der Waals surface area contributed by atoms with E-state index < -0.39 is 11.5 Å². The van der Waals surface area contributed by atoms with Crippen molar-refractivity contribution in [2.24, 2.45) is 5.73 Å². The van der Waals surface area contributed by atoms with Gasteiger partial charge in [-0.15, -0.1) is 0 Å². The first-order valence-corrected chi connectivity index (χ1v) is 7.30. The van der Waals surface area contributed by atoms with E-state index in [9.17, 15) is 10.1 Å². The minimum absolute atomic E-state index is 0.0249. The lowest BCUT2D eigenvalue weighted by atomic mass is 9.91. The number of benzene rings is 1. The van der Waals surface area contributed by atoms with Crippen LogP contribution in [0.3, 0.4) is 0 Å². The minimum Gasteiger partial charge on any atom is -0.465 e. The Morgan fingerprint density at radius 2 is 1.88 bits per heavy atom. The van der Waals surface area contributed by atoms with Crippen molar-refractivity contribution >= 4 is 10.8 Å². The molecule has 0 bridgehead atoms. The maximum absolute atomic E-state index is 12.3. The van der Waals surface area contributed by atoms with Crippen LogP contribution in [-0.2, 0) is 0 Å². The maximum Gasteiger partial charge on any atom is 0.344 e. The van der Waals surface area contributed by atoms with Gasteiger partial charge in [-0.3, -0.25) is 0 Å². The van der Waals surface area contributed by atoms with Gasteiger partial charge in [-0.25, -0.2) is 4.79 Å². The number of allylic oxidation sites excluding steroid dienone is 1. The van der Waals surface area contributed by atoms with Gasteiger partial charge in [0.25, 0.3) is 0 Å². The van der Waals surface area contributed by atoms with Crippen LogP contribution in [0.5, 0.6) is 5.75 Å². The smallest absolute Gasteiger partial charge is 0.344 e. The molecule has 3 aromatic rings. The molecule has 4 rings (SSSR count). The molecule has 2 N–H and O–H groups in total. The Labute approximate surface area is 136 Å². The molecule has 0 saturated carbocycles.